The SMILES string of the molecule is O=C1C2=C(Nc3ncnn3C2c2cccc(Br)c2)c2ccccc21. The minimum Gasteiger partial charge on any atom is -0.323 e. The number of carbonyl (C=O) groups excluding carboxylic acids is 1. The molecule has 1 aliphatic carbocycles. The summed E-state index contributed by atoms with van der Waals surface area (Å²) in [6, 6.07) is 15.3. The first-order valence-electron chi connectivity index (χ1n) is 7.54. The van der Waals surface area contributed by atoms with Gasteiger partial charge in [-0.1, -0.05) is 52.3 Å². The number of benzene rings is 2. The molecule has 116 valence electrons. The normalized spacial score (nSPS) is 18.0. The Labute approximate surface area is 146 Å². The second kappa shape index (κ2) is 4.88. The fourth-order valence-corrected chi connectivity index (χ4v) is 3.86. The Kier molecular flexibility index (Phi) is 2.78. The molecule has 1 atom stereocenters. The van der Waals surface area contributed by atoms with Crippen molar-refractivity contribution in [3.8, 4) is 0 Å². The lowest BCUT2D eigenvalue weighted by atomic mass is 9.94. The third kappa shape index (κ3) is 1.77. The number of rotatable bonds is 1. The van der Waals surface area contributed by atoms with E-state index in [1.165, 1.54) is 6.33 Å². The van der Waals surface area contributed by atoms with Crippen molar-refractivity contribution >= 4 is 33.4 Å². The van der Waals surface area contributed by atoms with Gasteiger partial charge in [-0.2, -0.15) is 10.1 Å². The van der Waals surface area contributed by atoms with Crippen LogP contribution >= 0.6 is 15.9 Å². The average molecular weight is 379 g/mol. The van der Waals surface area contributed by atoms with Crippen LogP contribution in [-0.4, -0.2) is 20.5 Å². The van der Waals surface area contributed by atoms with Crippen LogP contribution in [0.2, 0.25) is 0 Å². The predicted octanol–water partition coefficient (Wildman–Crippen LogP) is 3.66. The highest BCUT2D eigenvalue weighted by molar-refractivity contribution is 9.10. The topological polar surface area (TPSA) is 59.8 Å². The second-order valence-corrected chi connectivity index (χ2v) is 6.69. The molecular formula is C18H11BrN4O. The molecule has 1 aliphatic heterocycles. The van der Waals surface area contributed by atoms with Gasteiger partial charge in [0, 0.05) is 15.6 Å². The molecule has 0 amide bonds. The number of Topliss-reactive ketones (excluding diaryl/α,β-unsaturated/α-hetero) is 1. The number of nitrogens with one attached hydrogen (secondary N) is 1. The molecule has 1 unspecified atom stereocenters. The molecule has 1 N–H and O–H groups in total. The molecule has 5 nitrogen and oxygen atoms in total. The van der Waals surface area contributed by atoms with Gasteiger partial charge in [-0.05, 0) is 17.7 Å². The van der Waals surface area contributed by atoms with E-state index in [0.717, 1.165) is 26.9 Å². The number of nitrogens with zero attached hydrogens (tertiary/aromatic N) is 3. The maximum absolute atomic E-state index is 13.1. The Morgan fingerprint density at radius 3 is 2.75 bits per heavy atom. The van der Waals surface area contributed by atoms with Crippen molar-refractivity contribution in [1.82, 2.24) is 14.8 Å². The fraction of sp³-hybridized carbons (Fsp3) is 0.0556. The van der Waals surface area contributed by atoms with Gasteiger partial charge in [-0.25, -0.2) is 4.68 Å². The molecule has 2 aromatic carbocycles. The van der Waals surface area contributed by atoms with Gasteiger partial charge >= 0.3 is 0 Å². The number of fused-ring (bicyclic) bond motifs is 3. The van der Waals surface area contributed by atoms with Gasteiger partial charge in [-0.3, -0.25) is 4.79 Å². The van der Waals surface area contributed by atoms with Crippen LogP contribution < -0.4 is 5.32 Å². The monoisotopic (exact) mass is 378 g/mol. The lowest BCUT2D eigenvalue weighted by Crippen LogP contribution is -2.25. The van der Waals surface area contributed by atoms with Crippen LogP contribution in [0.25, 0.3) is 5.70 Å². The lowest BCUT2D eigenvalue weighted by molar-refractivity contribution is 0.102. The molecule has 0 saturated carbocycles. The van der Waals surface area contributed by atoms with Crippen LogP contribution in [0.1, 0.15) is 27.5 Å². The number of aromatic nitrogens is 3. The first-order chi connectivity index (χ1) is 11.7. The molecule has 0 fully saturated rings. The smallest absolute Gasteiger partial charge is 0.226 e. The number of hydrogen-bond acceptors (Lipinski definition) is 4. The van der Waals surface area contributed by atoms with Gasteiger partial charge in [-0.15, -0.1) is 0 Å². The summed E-state index contributed by atoms with van der Waals surface area (Å²) in [6.45, 7) is 0. The molecule has 0 saturated heterocycles. The van der Waals surface area contributed by atoms with E-state index in [1.54, 1.807) is 4.68 Å². The summed E-state index contributed by atoms with van der Waals surface area (Å²) in [5.74, 6) is 0.683. The van der Waals surface area contributed by atoms with E-state index in [0.29, 0.717) is 11.5 Å². The number of ketones is 1. The zero-order valence-electron chi connectivity index (χ0n) is 12.4. The number of hydrogen-bond donors (Lipinski definition) is 1. The molecule has 0 radical (unpaired) electrons. The van der Waals surface area contributed by atoms with Gasteiger partial charge < -0.3 is 5.32 Å². The Hall–Kier alpha value is -2.73. The highest BCUT2D eigenvalue weighted by Crippen LogP contribution is 2.44. The lowest BCUT2D eigenvalue weighted by Gasteiger charge is -2.26. The van der Waals surface area contributed by atoms with Crippen molar-refractivity contribution in [2.75, 3.05) is 5.32 Å². The minimum absolute atomic E-state index is 0.0409. The number of halogens is 1. The van der Waals surface area contributed by atoms with Crippen LogP contribution in [0.15, 0.2) is 64.9 Å². The first-order valence-corrected chi connectivity index (χ1v) is 8.33. The number of carbonyl (C=O) groups is 1. The van der Waals surface area contributed by atoms with Crippen LogP contribution in [0, 0.1) is 0 Å². The first kappa shape index (κ1) is 13.7. The van der Waals surface area contributed by atoms with Crippen molar-refractivity contribution in [2.45, 2.75) is 6.04 Å². The van der Waals surface area contributed by atoms with E-state index in [4.69, 9.17) is 0 Å². The van der Waals surface area contributed by atoms with Crippen molar-refractivity contribution in [3.05, 3.63) is 81.6 Å². The molecule has 3 aromatic rings. The summed E-state index contributed by atoms with van der Waals surface area (Å²) in [5.41, 5.74) is 4.19. The van der Waals surface area contributed by atoms with Crippen LogP contribution in [0.3, 0.4) is 0 Å². The van der Waals surface area contributed by atoms with Gasteiger partial charge in [0.1, 0.15) is 12.4 Å². The highest BCUT2D eigenvalue weighted by atomic mass is 79.9. The second-order valence-electron chi connectivity index (χ2n) is 5.77. The van der Waals surface area contributed by atoms with Crippen molar-refractivity contribution in [1.29, 1.82) is 0 Å². The van der Waals surface area contributed by atoms with E-state index in [-0.39, 0.29) is 11.8 Å². The minimum atomic E-state index is -0.295. The van der Waals surface area contributed by atoms with Crippen LogP contribution in [-0.2, 0) is 0 Å². The third-order valence-corrected chi connectivity index (χ3v) is 4.94. The van der Waals surface area contributed by atoms with Gasteiger partial charge in [0.05, 0.1) is 11.3 Å². The van der Waals surface area contributed by atoms with E-state index in [2.05, 4.69) is 31.3 Å². The number of anilines is 1. The van der Waals surface area contributed by atoms with Crippen molar-refractivity contribution in [2.24, 2.45) is 0 Å². The molecule has 24 heavy (non-hydrogen) atoms. The summed E-state index contributed by atoms with van der Waals surface area (Å²) in [7, 11) is 0. The summed E-state index contributed by atoms with van der Waals surface area (Å²) in [4.78, 5) is 17.4. The summed E-state index contributed by atoms with van der Waals surface area (Å²) in [5, 5.41) is 7.62. The molecule has 0 bridgehead atoms. The van der Waals surface area contributed by atoms with Crippen LogP contribution in [0.5, 0.6) is 0 Å². The third-order valence-electron chi connectivity index (χ3n) is 4.45. The molecule has 0 spiro atoms. The van der Waals surface area contributed by atoms with E-state index < -0.39 is 0 Å². The Morgan fingerprint density at radius 1 is 1.08 bits per heavy atom. The van der Waals surface area contributed by atoms with E-state index in [9.17, 15) is 4.79 Å². The van der Waals surface area contributed by atoms with Gasteiger partial charge in [0.2, 0.25) is 5.95 Å². The Morgan fingerprint density at radius 2 is 1.92 bits per heavy atom. The average Bonchev–Trinajstić information content (AvgIpc) is 3.17. The van der Waals surface area contributed by atoms with Gasteiger partial charge in [0.25, 0.3) is 0 Å². The molecule has 1 aromatic heterocycles. The maximum atomic E-state index is 13.1. The zero-order valence-corrected chi connectivity index (χ0v) is 14.0. The molecule has 2 aliphatic rings. The van der Waals surface area contributed by atoms with Crippen molar-refractivity contribution < 1.29 is 4.79 Å². The predicted molar refractivity (Wildman–Crippen MR) is 93.6 cm³/mol. The fourth-order valence-electron chi connectivity index (χ4n) is 3.45. The number of allylic oxidation sites excluding steroid dienone is 1. The largest absolute Gasteiger partial charge is 0.323 e. The molecule has 6 heteroatoms. The zero-order chi connectivity index (χ0) is 16.3. The molecule has 5 rings (SSSR count). The quantitative estimate of drug-likeness (QED) is 0.701. The Bertz CT molecular complexity index is 1040. The van der Waals surface area contributed by atoms with E-state index >= 15 is 0 Å². The summed E-state index contributed by atoms with van der Waals surface area (Å²) in [6.07, 6.45) is 1.51. The summed E-state index contributed by atoms with van der Waals surface area (Å²) >= 11 is 3.51. The van der Waals surface area contributed by atoms with Crippen molar-refractivity contribution in [3.63, 3.8) is 0 Å². The van der Waals surface area contributed by atoms with Gasteiger partial charge in [0.15, 0.2) is 5.78 Å². The highest BCUT2D eigenvalue weighted by Gasteiger charge is 2.40. The van der Waals surface area contributed by atoms with Crippen LogP contribution in [0.4, 0.5) is 5.95 Å². The standard InChI is InChI=1S/C18H11BrN4O/c19-11-5-3-4-10(8-11)16-14-15(22-18-20-9-21-23(16)18)12-6-1-2-7-13(12)17(14)24/h1-9,16H,(H,20,21,22). The summed E-state index contributed by atoms with van der Waals surface area (Å²) < 4.78 is 2.73. The van der Waals surface area contributed by atoms with E-state index in [1.807, 2.05) is 48.5 Å². The maximum Gasteiger partial charge on any atom is 0.226 e. The molecule has 2 heterocycles. The Balaban J connectivity index is 1.78. The molecular weight excluding hydrogens is 368 g/mol.